The van der Waals surface area contributed by atoms with Gasteiger partial charge in [-0.1, -0.05) is 13.8 Å². The highest BCUT2D eigenvalue weighted by Gasteiger charge is 2.32. The summed E-state index contributed by atoms with van der Waals surface area (Å²) >= 11 is 0. The second-order valence-corrected chi connectivity index (χ2v) is 5.33. The third-order valence-corrected chi connectivity index (χ3v) is 3.40. The average molecular weight is 221 g/mol. The molecule has 0 spiro atoms. The van der Waals surface area contributed by atoms with Gasteiger partial charge in [0.15, 0.2) is 0 Å². The Kier molecular flexibility index (Phi) is 3.64. The van der Waals surface area contributed by atoms with Gasteiger partial charge in [0.05, 0.1) is 6.20 Å². The average Bonchev–Trinajstić information content (AvgIpc) is 2.97. The van der Waals surface area contributed by atoms with E-state index in [1.54, 1.807) is 0 Å². The van der Waals surface area contributed by atoms with Gasteiger partial charge in [-0.3, -0.25) is 4.68 Å². The SMILES string of the molecule is CC(C)C(NCCc1cnn(C)c1)C1CC1. The van der Waals surface area contributed by atoms with Gasteiger partial charge in [-0.15, -0.1) is 0 Å². The summed E-state index contributed by atoms with van der Waals surface area (Å²) in [7, 11) is 1.97. The normalized spacial score (nSPS) is 18.0. The molecule has 1 unspecified atom stereocenters. The highest BCUT2D eigenvalue weighted by atomic mass is 15.2. The molecule has 0 amide bonds. The molecule has 1 N–H and O–H groups in total. The van der Waals surface area contributed by atoms with E-state index in [1.807, 2.05) is 17.9 Å². The van der Waals surface area contributed by atoms with Gasteiger partial charge >= 0.3 is 0 Å². The van der Waals surface area contributed by atoms with Crippen LogP contribution in [0.2, 0.25) is 0 Å². The molecule has 16 heavy (non-hydrogen) atoms. The predicted octanol–water partition coefficient (Wildman–Crippen LogP) is 1.99. The molecule has 0 aromatic carbocycles. The lowest BCUT2D eigenvalue weighted by molar-refractivity contribution is 0.363. The summed E-state index contributed by atoms with van der Waals surface area (Å²) in [5.41, 5.74) is 1.33. The Morgan fingerprint density at radius 3 is 2.75 bits per heavy atom. The number of aryl methyl sites for hydroxylation is 1. The first-order valence-electron chi connectivity index (χ1n) is 6.37. The van der Waals surface area contributed by atoms with Crippen molar-refractivity contribution in [2.24, 2.45) is 18.9 Å². The molecule has 3 nitrogen and oxygen atoms in total. The summed E-state index contributed by atoms with van der Waals surface area (Å²) in [6, 6.07) is 0.719. The summed E-state index contributed by atoms with van der Waals surface area (Å²) in [4.78, 5) is 0. The molecule has 1 aromatic rings. The minimum absolute atomic E-state index is 0.719. The molecule has 1 fully saturated rings. The van der Waals surface area contributed by atoms with Crippen molar-refractivity contribution in [1.29, 1.82) is 0 Å². The molecular formula is C13H23N3. The van der Waals surface area contributed by atoms with E-state index in [1.165, 1.54) is 18.4 Å². The van der Waals surface area contributed by atoms with E-state index in [4.69, 9.17) is 0 Å². The van der Waals surface area contributed by atoms with Crippen LogP contribution >= 0.6 is 0 Å². The summed E-state index contributed by atoms with van der Waals surface area (Å²) in [5, 5.41) is 7.89. The van der Waals surface area contributed by atoms with E-state index in [-0.39, 0.29) is 0 Å². The molecule has 1 aliphatic rings. The first-order chi connectivity index (χ1) is 7.66. The number of hydrogen-bond donors (Lipinski definition) is 1. The number of rotatable bonds is 6. The van der Waals surface area contributed by atoms with E-state index in [0.717, 1.165) is 30.8 Å². The number of aromatic nitrogens is 2. The monoisotopic (exact) mass is 221 g/mol. The second kappa shape index (κ2) is 5.00. The van der Waals surface area contributed by atoms with Crippen LogP contribution in [0.15, 0.2) is 12.4 Å². The van der Waals surface area contributed by atoms with Crippen LogP contribution in [0, 0.1) is 11.8 Å². The maximum absolute atomic E-state index is 4.19. The first kappa shape index (κ1) is 11.6. The van der Waals surface area contributed by atoms with Gasteiger partial charge in [0, 0.05) is 19.3 Å². The maximum atomic E-state index is 4.19. The molecular weight excluding hydrogens is 198 g/mol. The zero-order valence-corrected chi connectivity index (χ0v) is 10.6. The fourth-order valence-electron chi connectivity index (χ4n) is 2.39. The fraction of sp³-hybridized carbons (Fsp3) is 0.769. The van der Waals surface area contributed by atoms with Gasteiger partial charge in [0.2, 0.25) is 0 Å². The number of hydrogen-bond acceptors (Lipinski definition) is 2. The van der Waals surface area contributed by atoms with Crippen LogP contribution in [0.4, 0.5) is 0 Å². The van der Waals surface area contributed by atoms with E-state index in [9.17, 15) is 0 Å². The quantitative estimate of drug-likeness (QED) is 0.796. The largest absolute Gasteiger partial charge is 0.313 e. The fourth-order valence-corrected chi connectivity index (χ4v) is 2.39. The van der Waals surface area contributed by atoms with Crippen molar-refractivity contribution in [3.05, 3.63) is 18.0 Å². The van der Waals surface area contributed by atoms with Crippen LogP contribution in [0.3, 0.4) is 0 Å². The highest BCUT2D eigenvalue weighted by Crippen LogP contribution is 2.35. The Balaban J connectivity index is 1.74. The minimum atomic E-state index is 0.719. The lowest BCUT2D eigenvalue weighted by Gasteiger charge is -2.21. The Bertz CT molecular complexity index is 324. The second-order valence-electron chi connectivity index (χ2n) is 5.33. The molecule has 0 bridgehead atoms. The van der Waals surface area contributed by atoms with Crippen LogP contribution in [0.1, 0.15) is 32.3 Å². The zero-order valence-electron chi connectivity index (χ0n) is 10.6. The zero-order chi connectivity index (χ0) is 11.5. The van der Waals surface area contributed by atoms with Gasteiger partial charge < -0.3 is 5.32 Å². The predicted molar refractivity (Wildman–Crippen MR) is 66.3 cm³/mol. The van der Waals surface area contributed by atoms with Crippen molar-refractivity contribution in [2.45, 2.75) is 39.2 Å². The molecule has 1 atom stereocenters. The Morgan fingerprint density at radius 2 is 2.25 bits per heavy atom. The summed E-state index contributed by atoms with van der Waals surface area (Å²) < 4.78 is 1.87. The van der Waals surface area contributed by atoms with Gasteiger partial charge in [-0.05, 0) is 43.2 Å². The molecule has 0 saturated heterocycles. The summed E-state index contributed by atoms with van der Waals surface area (Å²) in [5.74, 6) is 1.69. The van der Waals surface area contributed by atoms with Crippen LogP contribution in [-0.4, -0.2) is 22.4 Å². The van der Waals surface area contributed by atoms with Gasteiger partial charge in [-0.25, -0.2) is 0 Å². The van der Waals surface area contributed by atoms with E-state index in [2.05, 4.69) is 30.5 Å². The van der Waals surface area contributed by atoms with Crippen LogP contribution in [-0.2, 0) is 13.5 Å². The van der Waals surface area contributed by atoms with Crippen molar-refractivity contribution >= 4 is 0 Å². The van der Waals surface area contributed by atoms with Crippen LogP contribution in [0.5, 0.6) is 0 Å². The first-order valence-corrected chi connectivity index (χ1v) is 6.37. The van der Waals surface area contributed by atoms with Gasteiger partial charge in [0.25, 0.3) is 0 Å². The molecule has 1 aromatic heterocycles. The third kappa shape index (κ3) is 3.08. The minimum Gasteiger partial charge on any atom is -0.313 e. The van der Waals surface area contributed by atoms with E-state index in [0.29, 0.717) is 0 Å². The molecule has 1 aliphatic carbocycles. The Hall–Kier alpha value is -0.830. The van der Waals surface area contributed by atoms with E-state index >= 15 is 0 Å². The highest BCUT2D eigenvalue weighted by molar-refractivity contribution is 5.04. The Morgan fingerprint density at radius 1 is 1.50 bits per heavy atom. The Labute approximate surface area is 98.2 Å². The standard InChI is InChI=1S/C13H23N3/c1-10(2)13(12-4-5-12)14-7-6-11-8-15-16(3)9-11/h8-10,12-14H,4-7H2,1-3H3. The molecule has 0 aliphatic heterocycles. The molecule has 0 radical (unpaired) electrons. The van der Waals surface area contributed by atoms with Crippen LogP contribution in [0.25, 0.3) is 0 Å². The smallest absolute Gasteiger partial charge is 0.0522 e. The number of nitrogens with zero attached hydrogens (tertiary/aromatic N) is 2. The van der Waals surface area contributed by atoms with Gasteiger partial charge in [0.1, 0.15) is 0 Å². The van der Waals surface area contributed by atoms with Crippen molar-refractivity contribution < 1.29 is 0 Å². The lowest BCUT2D eigenvalue weighted by atomic mass is 9.99. The molecule has 2 rings (SSSR count). The lowest BCUT2D eigenvalue weighted by Crippen LogP contribution is -2.37. The van der Waals surface area contributed by atoms with Crippen molar-refractivity contribution in [3.8, 4) is 0 Å². The molecule has 1 heterocycles. The molecule has 90 valence electrons. The summed E-state index contributed by atoms with van der Waals surface area (Å²) in [6.07, 6.45) is 7.99. The third-order valence-electron chi connectivity index (χ3n) is 3.40. The topological polar surface area (TPSA) is 29.9 Å². The maximum Gasteiger partial charge on any atom is 0.0522 e. The van der Waals surface area contributed by atoms with Crippen LogP contribution < -0.4 is 5.32 Å². The van der Waals surface area contributed by atoms with E-state index < -0.39 is 0 Å². The number of nitrogens with one attached hydrogen (secondary N) is 1. The van der Waals surface area contributed by atoms with Crippen molar-refractivity contribution in [3.63, 3.8) is 0 Å². The van der Waals surface area contributed by atoms with Gasteiger partial charge in [-0.2, -0.15) is 5.10 Å². The summed E-state index contributed by atoms with van der Waals surface area (Å²) in [6.45, 7) is 5.71. The van der Waals surface area contributed by atoms with Crippen molar-refractivity contribution in [2.75, 3.05) is 6.54 Å². The molecule has 1 saturated carbocycles. The van der Waals surface area contributed by atoms with Crippen molar-refractivity contribution in [1.82, 2.24) is 15.1 Å². The molecule has 3 heteroatoms.